The van der Waals surface area contributed by atoms with E-state index in [-0.39, 0.29) is 18.7 Å². The maximum Gasteiger partial charge on any atom is 0.325 e. The van der Waals surface area contributed by atoms with Gasteiger partial charge in [0.2, 0.25) is 11.8 Å². The van der Waals surface area contributed by atoms with E-state index in [1.54, 1.807) is 0 Å². The third kappa shape index (κ3) is 7.62. The Kier molecular flexibility index (Phi) is 9.09. The number of amides is 2. The van der Waals surface area contributed by atoms with Crippen molar-refractivity contribution in [3.8, 4) is 0 Å². The summed E-state index contributed by atoms with van der Waals surface area (Å²) in [5, 5.41) is 17.7. The maximum absolute atomic E-state index is 12.8. The van der Waals surface area contributed by atoms with Crippen LogP contribution >= 0.6 is 0 Å². The van der Waals surface area contributed by atoms with Gasteiger partial charge in [-0.25, -0.2) is 9.97 Å². The van der Waals surface area contributed by atoms with Crippen molar-refractivity contribution >= 4 is 17.8 Å². The number of aliphatic carboxylic acids is 1. The number of carbonyl (C=O) groups excluding carboxylic acids is 2. The van der Waals surface area contributed by atoms with Crippen molar-refractivity contribution in [3.63, 3.8) is 0 Å². The number of rotatable bonds is 10. The van der Waals surface area contributed by atoms with Gasteiger partial charge in [0.15, 0.2) is 0 Å². The number of nitrogens with one attached hydrogen (secondary N) is 3. The monoisotopic (exact) mass is 467 g/mol. The van der Waals surface area contributed by atoms with Crippen LogP contribution in [0.4, 0.5) is 0 Å². The number of benzene rings is 1. The van der Waals surface area contributed by atoms with E-state index < -0.39 is 24.0 Å². The Hall–Kier alpha value is -3.33. The molecule has 2 atom stereocenters. The lowest BCUT2D eigenvalue weighted by molar-refractivity contribution is -0.141. The largest absolute Gasteiger partial charge is 0.480 e. The minimum atomic E-state index is -1.14. The second-order valence-corrected chi connectivity index (χ2v) is 8.73. The highest BCUT2D eigenvalue weighted by Crippen LogP contribution is 2.24. The highest BCUT2D eigenvalue weighted by molar-refractivity contribution is 5.90. The molecule has 1 saturated heterocycles. The molecule has 0 bridgehead atoms. The van der Waals surface area contributed by atoms with Gasteiger partial charge >= 0.3 is 5.97 Å². The first-order valence-electron chi connectivity index (χ1n) is 11.7. The number of aryl methyl sites for hydroxylation is 2. The van der Waals surface area contributed by atoms with Crippen molar-refractivity contribution < 1.29 is 19.5 Å². The van der Waals surface area contributed by atoms with Gasteiger partial charge in [-0.1, -0.05) is 30.3 Å². The minimum Gasteiger partial charge on any atom is -0.480 e. The lowest BCUT2D eigenvalue weighted by Crippen LogP contribution is -2.51. The minimum absolute atomic E-state index is 0.162. The molecule has 1 aromatic carbocycles. The fraction of sp³-hybridized carbons (Fsp3) is 0.480. The van der Waals surface area contributed by atoms with Gasteiger partial charge in [-0.05, 0) is 57.8 Å². The van der Waals surface area contributed by atoms with E-state index in [1.807, 2.05) is 43.3 Å². The van der Waals surface area contributed by atoms with E-state index >= 15 is 0 Å². The van der Waals surface area contributed by atoms with Crippen LogP contribution in [0.25, 0.3) is 0 Å². The summed E-state index contributed by atoms with van der Waals surface area (Å²) in [4.78, 5) is 45.7. The molecule has 4 N–H and O–H groups in total. The fourth-order valence-corrected chi connectivity index (χ4v) is 4.05. The number of hydrogen-bond acceptors (Lipinski definition) is 6. The summed E-state index contributed by atoms with van der Waals surface area (Å²) >= 11 is 0. The lowest BCUT2D eigenvalue weighted by atomic mass is 9.93. The van der Waals surface area contributed by atoms with Gasteiger partial charge in [0, 0.05) is 30.1 Å². The predicted octanol–water partition coefficient (Wildman–Crippen LogP) is 1.50. The van der Waals surface area contributed by atoms with Crippen LogP contribution in [0.3, 0.4) is 0 Å². The van der Waals surface area contributed by atoms with Crippen molar-refractivity contribution in [3.05, 3.63) is 59.2 Å². The molecule has 3 rings (SSSR count). The lowest BCUT2D eigenvalue weighted by Gasteiger charge is -2.22. The molecule has 0 radical (unpaired) electrons. The molecule has 0 aliphatic carbocycles. The van der Waals surface area contributed by atoms with E-state index in [1.165, 1.54) is 6.92 Å². The average molecular weight is 468 g/mol. The number of piperidine rings is 1. The zero-order chi connectivity index (χ0) is 24.5. The zero-order valence-corrected chi connectivity index (χ0v) is 19.7. The Labute approximate surface area is 199 Å². The Balaban J connectivity index is 1.63. The van der Waals surface area contributed by atoms with Gasteiger partial charge in [-0.15, -0.1) is 0 Å². The second kappa shape index (κ2) is 12.2. The van der Waals surface area contributed by atoms with Crippen molar-refractivity contribution in [1.29, 1.82) is 0 Å². The molecule has 182 valence electrons. The summed E-state index contributed by atoms with van der Waals surface area (Å²) in [6.07, 6.45) is 2.91. The van der Waals surface area contributed by atoms with Crippen molar-refractivity contribution in [2.24, 2.45) is 0 Å². The number of carboxylic acid groups (broad SMARTS) is 1. The van der Waals surface area contributed by atoms with Gasteiger partial charge < -0.3 is 21.1 Å². The van der Waals surface area contributed by atoms with Gasteiger partial charge in [-0.2, -0.15) is 0 Å². The highest BCUT2D eigenvalue weighted by Gasteiger charge is 2.25. The molecule has 9 heteroatoms. The van der Waals surface area contributed by atoms with Gasteiger partial charge in [0.05, 0.1) is 0 Å². The topological polar surface area (TPSA) is 133 Å². The molecule has 2 amide bonds. The van der Waals surface area contributed by atoms with Crippen LogP contribution in [0.2, 0.25) is 0 Å². The number of carboxylic acids is 1. The van der Waals surface area contributed by atoms with Crippen LogP contribution in [0, 0.1) is 6.92 Å². The number of nitrogens with zero attached hydrogens (tertiary/aromatic N) is 2. The number of hydrogen-bond donors (Lipinski definition) is 4. The molecule has 9 nitrogen and oxygen atoms in total. The summed E-state index contributed by atoms with van der Waals surface area (Å²) in [7, 11) is 0. The van der Waals surface area contributed by atoms with Gasteiger partial charge in [0.25, 0.3) is 0 Å². The molecule has 1 aromatic heterocycles. The molecule has 2 aromatic rings. The number of carbonyl (C=O) groups is 3. The molecule has 2 heterocycles. The van der Waals surface area contributed by atoms with E-state index in [0.717, 1.165) is 42.9 Å². The highest BCUT2D eigenvalue weighted by atomic mass is 16.4. The third-order valence-electron chi connectivity index (χ3n) is 5.94. The molecular weight excluding hydrogens is 434 g/mol. The summed E-state index contributed by atoms with van der Waals surface area (Å²) in [5.74, 6) is -0.875. The van der Waals surface area contributed by atoms with Gasteiger partial charge in [0.1, 0.15) is 17.9 Å². The standard InChI is InChI=1S/C25H33N5O4/c1-16(25(33)34)27-24(32)22(14-18-6-4-3-5-7-18)30-23(31)9-8-20-15-21(29-17(2)28-20)19-10-12-26-13-11-19/h3-7,15-16,19,22,26H,8-14H2,1-2H3,(H,27,32)(H,30,31)(H,33,34)/t16-,22-/m0/s1. The van der Waals surface area contributed by atoms with Crippen LogP contribution in [0.15, 0.2) is 36.4 Å². The summed E-state index contributed by atoms with van der Waals surface area (Å²) in [5.41, 5.74) is 2.69. The third-order valence-corrected chi connectivity index (χ3v) is 5.94. The van der Waals surface area contributed by atoms with Crippen LogP contribution < -0.4 is 16.0 Å². The molecular formula is C25H33N5O4. The summed E-state index contributed by atoms with van der Waals surface area (Å²) in [6.45, 7) is 5.19. The molecule has 0 spiro atoms. The summed E-state index contributed by atoms with van der Waals surface area (Å²) in [6, 6.07) is 9.34. The molecule has 34 heavy (non-hydrogen) atoms. The summed E-state index contributed by atoms with van der Waals surface area (Å²) < 4.78 is 0. The first-order chi connectivity index (χ1) is 16.3. The molecule has 0 saturated carbocycles. The Morgan fingerprint density at radius 3 is 2.50 bits per heavy atom. The second-order valence-electron chi connectivity index (χ2n) is 8.73. The van der Waals surface area contributed by atoms with Gasteiger partial charge in [-0.3, -0.25) is 14.4 Å². The van der Waals surface area contributed by atoms with Crippen LogP contribution in [-0.4, -0.2) is 58.0 Å². The molecule has 0 unspecified atom stereocenters. The van der Waals surface area contributed by atoms with Crippen molar-refractivity contribution in [2.75, 3.05) is 13.1 Å². The van der Waals surface area contributed by atoms with E-state index in [4.69, 9.17) is 5.11 Å². The first-order valence-corrected chi connectivity index (χ1v) is 11.7. The normalized spacial score (nSPS) is 15.8. The predicted molar refractivity (Wildman–Crippen MR) is 127 cm³/mol. The Morgan fingerprint density at radius 2 is 1.82 bits per heavy atom. The number of aromatic nitrogens is 2. The van der Waals surface area contributed by atoms with Crippen molar-refractivity contribution in [1.82, 2.24) is 25.9 Å². The maximum atomic E-state index is 12.8. The smallest absolute Gasteiger partial charge is 0.325 e. The van der Waals surface area contributed by atoms with E-state index in [0.29, 0.717) is 18.2 Å². The molecule has 1 aliphatic rings. The van der Waals surface area contributed by atoms with Crippen LogP contribution in [0.1, 0.15) is 54.9 Å². The molecule has 1 fully saturated rings. The first kappa shape index (κ1) is 25.3. The zero-order valence-electron chi connectivity index (χ0n) is 19.7. The Bertz CT molecular complexity index is 992. The van der Waals surface area contributed by atoms with Crippen LogP contribution in [0.5, 0.6) is 0 Å². The quantitative estimate of drug-likeness (QED) is 0.416. The van der Waals surface area contributed by atoms with Crippen molar-refractivity contribution in [2.45, 2.75) is 64.0 Å². The molecule has 1 aliphatic heterocycles. The van der Waals surface area contributed by atoms with E-state index in [9.17, 15) is 14.4 Å². The Morgan fingerprint density at radius 1 is 1.12 bits per heavy atom. The van der Waals surface area contributed by atoms with E-state index in [2.05, 4.69) is 25.9 Å². The fourth-order valence-electron chi connectivity index (χ4n) is 4.05. The average Bonchev–Trinajstić information content (AvgIpc) is 2.83. The van der Waals surface area contributed by atoms with Crippen LogP contribution in [-0.2, 0) is 27.2 Å². The SMILES string of the molecule is Cc1nc(CCC(=O)N[C@@H](Cc2ccccc2)C(=O)N[C@@H](C)C(=O)O)cc(C2CCNCC2)n1.